The lowest BCUT2D eigenvalue weighted by Gasteiger charge is -2.12. The van der Waals surface area contributed by atoms with Crippen LogP contribution in [0.4, 0.5) is 0 Å². The summed E-state index contributed by atoms with van der Waals surface area (Å²) >= 11 is 0. The Morgan fingerprint density at radius 2 is 1.81 bits per heavy atom. The van der Waals surface area contributed by atoms with Crippen LogP contribution in [0.1, 0.15) is 5.69 Å². The minimum Gasteiger partial charge on any atom is -0.481 e. The SMILES string of the molecule is COc1cc(Cn2ccc(=O)c3cc(Oc4ccccc4)ccc32)ncn1. The molecule has 6 heteroatoms. The molecule has 0 aliphatic rings. The van der Waals surface area contributed by atoms with E-state index in [1.54, 1.807) is 31.5 Å². The van der Waals surface area contributed by atoms with E-state index < -0.39 is 0 Å². The van der Waals surface area contributed by atoms with Gasteiger partial charge in [0.2, 0.25) is 5.88 Å². The highest BCUT2D eigenvalue weighted by atomic mass is 16.5. The first-order valence-corrected chi connectivity index (χ1v) is 8.44. The Labute approximate surface area is 155 Å². The molecule has 0 saturated carbocycles. The largest absolute Gasteiger partial charge is 0.481 e. The molecule has 0 unspecified atom stereocenters. The van der Waals surface area contributed by atoms with Crippen LogP contribution in [0.15, 0.2) is 78.0 Å². The van der Waals surface area contributed by atoms with Gasteiger partial charge in [-0.1, -0.05) is 18.2 Å². The van der Waals surface area contributed by atoms with Gasteiger partial charge < -0.3 is 14.0 Å². The van der Waals surface area contributed by atoms with E-state index in [0.717, 1.165) is 17.0 Å². The maximum absolute atomic E-state index is 12.4. The summed E-state index contributed by atoms with van der Waals surface area (Å²) in [5, 5.41) is 0.590. The number of pyridine rings is 1. The molecule has 0 aliphatic carbocycles. The first kappa shape index (κ1) is 16.8. The first-order valence-electron chi connectivity index (χ1n) is 8.44. The molecule has 4 rings (SSSR count). The Kier molecular flexibility index (Phi) is 4.53. The van der Waals surface area contributed by atoms with Gasteiger partial charge in [-0.25, -0.2) is 9.97 Å². The van der Waals surface area contributed by atoms with Crippen LogP contribution >= 0.6 is 0 Å². The van der Waals surface area contributed by atoms with Crippen LogP contribution in [-0.2, 0) is 6.54 Å². The number of hydrogen-bond acceptors (Lipinski definition) is 5. The van der Waals surface area contributed by atoms with Crippen molar-refractivity contribution in [3.05, 3.63) is 89.1 Å². The van der Waals surface area contributed by atoms with Gasteiger partial charge in [0, 0.05) is 23.7 Å². The molecule has 6 nitrogen and oxygen atoms in total. The Morgan fingerprint density at radius 3 is 2.63 bits per heavy atom. The zero-order chi connectivity index (χ0) is 18.6. The average molecular weight is 359 g/mol. The van der Waals surface area contributed by atoms with E-state index in [0.29, 0.717) is 23.6 Å². The van der Waals surface area contributed by atoms with Crippen molar-refractivity contribution in [2.24, 2.45) is 0 Å². The van der Waals surface area contributed by atoms with E-state index in [1.165, 1.54) is 6.33 Å². The van der Waals surface area contributed by atoms with Gasteiger partial charge in [0.1, 0.15) is 17.8 Å². The Balaban J connectivity index is 1.70. The van der Waals surface area contributed by atoms with Gasteiger partial charge in [-0.05, 0) is 30.3 Å². The third kappa shape index (κ3) is 3.64. The fourth-order valence-corrected chi connectivity index (χ4v) is 2.87. The lowest BCUT2D eigenvalue weighted by atomic mass is 10.2. The maximum Gasteiger partial charge on any atom is 0.216 e. The van der Waals surface area contributed by atoms with Crippen molar-refractivity contribution < 1.29 is 9.47 Å². The van der Waals surface area contributed by atoms with Gasteiger partial charge in [0.05, 0.1) is 24.9 Å². The average Bonchev–Trinajstić information content (AvgIpc) is 2.71. The van der Waals surface area contributed by atoms with Gasteiger partial charge in [0.15, 0.2) is 5.43 Å². The van der Waals surface area contributed by atoms with Crippen molar-refractivity contribution in [2.75, 3.05) is 7.11 Å². The van der Waals surface area contributed by atoms with Crippen LogP contribution in [0.5, 0.6) is 17.4 Å². The number of para-hydroxylation sites is 1. The summed E-state index contributed by atoms with van der Waals surface area (Å²) in [5.74, 6) is 1.84. The number of rotatable bonds is 5. The smallest absolute Gasteiger partial charge is 0.216 e. The van der Waals surface area contributed by atoms with Crippen molar-refractivity contribution in [3.8, 4) is 17.4 Å². The van der Waals surface area contributed by atoms with Gasteiger partial charge in [-0.2, -0.15) is 0 Å². The number of fused-ring (bicyclic) bond motifs is 1. The monoisotopic (exact) mass is 359 g/mol. The minimum atomic E-state index is -0.0555. The number of methoxy groups -OCH3 is 1. The summed E-state index contributed by atoms with van der Waals surface area (Å²) < 4.78 is 13.0. The highest BCUT2D eigenvalue weighted by Crippen LogP contribution is 2.24. The van der Waals surface area contributed by atoms with Crippen LogP contribution in [0.3, 0.4) is 0 Å². The molecule has 0 fully saturated rings. The number of hydrogen-bond donors (Lipinski definition) is 0. The number of benzene rings is 2. The summed E-state index contributed by atoms with van der Waals surface area (Å²) in [7, 11) is 1.56. The van der Waals surface area contributed by atoms with Crippen LogP contribution in [0.25, 0.3) is 10.9 Å². The van der Waals surface area contributed by atoms with Crippen molar-refractivity contribution in [1.82, 2.24) is 14.5 Å². The van der Waals surface area contributed by atoms with E-state index in [9.17, 15) is 4.79 Å². The second-order valence-electron chi connectivity index (χ2n) is 5.95. The quantitative estimate of drug-likeness (QED) is 0.544. The van der Waals surface area contributed by atoms with E-state index in [4.69, 9.17) is 9.47 Å². The molecule has 0 atom stereocenters. The third-order valence-corrected chi connectivity index (χ3v) is 4.17. The number of aromatic nitrogens is 3. The van der Waals surface area contributed by atoms with Crippen LogP contribution in [0, 0.1) is 0 Å². The molecule has 0 aliphatic heterocycles. The van der Waals surface area contributed by atoms with E-state index in [-0.39, 0.29) is 5.43 Å². The van der Waals surface area contributed by atoms with Crippen LogP contribution in [-0.4, -0.2) is 21.6 Å². The molecule has 0 radical (unpaired) electrons. The van der Waals surface area contributed by atoms with E-state index in [2.05, 4.69) is 9.97 Å². The summed E-state index contributed by atoms with van der Waals surface area (Å²) in [5.41, 5.74) is 1.54. The Morgan fingerprint density at radius 1 is 0.963 bits per heavy atom. The lowest BCUT2D eigenvalue weighted by Crippen LogP contribution is -2.10. The summed E-state index contributed by atoms with van der Waals surface area (Å²) in [6.45, 7) is 0.495. The van der Waals surface area contributed by atoms with Crippen molar-refractivity contribution in [2.45, 2.75) is 6.54 Å². The molecule has 134 valence electrons. The second-order valence-corrected chi connectivity index (χ2v) is 5.95. The zero-order valence-corrected chi connectivity index (χ0v) is 14.7. The van der Waals surface area contributed by atoms with E-state index >= 15 is 0 Å². The van der Waals surface area contributed by atoms with Crippen LogP contribution in [0.2, 0.25) is 0 Å². The predicted octanol–water partition coefficient (Wildman–Crippen LogP) is 3.64. The maximum atomic E-state index is 12.4. The Bertz CT molecular complexity index is 1140. The molecule has 2 heterocycles. The van der Waals surface area contributed by atoms with Crippen molar-refractivity contribution in [3.63, 3.8) is 0 Å². The third-order valence-electron chi connectivity index (χ3n) is 4.17. The molecule has 0 N–H and O–H groups in total. The normalized spacial score (nSPS) is 10.7. The molecule has 0 saturated heterocycles. The van der Waals surface area contributed by atoms with Crippen molar-refractivity contribution in [1.29, 1.82) is 0 Å². The molecule has 4 aromatic rings. The fourth-order valence-electron chi connectivity index (χ4n) is 2.87. The van der Waals surface area contributed by atoms with E-state index in [1.807, 2.05) is 47.0 Å². The molecule has 0 amide bonds. The number of nitrogens with zero attached hydrogens (tertiary/aromatic N) is 3. The van der Waals surface area contributed by atoms with Crippen LogP contribution < -0.4 is 14.9 Å². The molecule has 2 aromatic heterocycles. The van der Waals surface area contributed by atoms with Gasteiger partial charge in [0.25, 0.3) is 0 Å². The van der Waals surface area contributed by atoms with Gasteiger partial charge in [-0.15, -0.1) is 0 Å². The molecular formula is C21H17N3O3. The fraction of sp³-hybridized carbons (Fsp3) is 0.0952. The molecule has 0 bridgehead atoms. The standard InChI is InChI=1S/C21H17N3O3/c1-26-21-11-15(22-14-23-21)13-24-10-9-20(25)18-12-17(7-8-19(18)24)27-16-5-3-2-4-6-16/h2-12,14H,13H2,1H3. The molecule has 27 heavy (non-hydrogen) atoms. The zero-order valence-electron chi connectivity index (χ0n) is 14.7. The minimum absolute atomic E-state index is 0.0555. The molecule has 0 spiro atoms. The Hall–Kier alpha value is -3.67. The second kappa shape index (κ2) is 7.29. The van der Waals surface area contributed by atoms with Gasteiger partial charge >= 0.3 is 0 Å². The highest BCUT2D eigenvalue weighted by Gasteiger charge is 2.08. The van der Waals surface area contributed by atoms with Gasteiger partial charge in [-0.3, -0.25) is 4.79 Å². The summed E-state index contributed by atoms with van der Waals surface area (Å²) in [6, 6.07) is 18.3. The highest BCUT2D eigenvalue weighted by molar-refractivity contribution is 5.80. The lowest BCUT2D eigenvalue weighted by molar-refractivity contribution is 0.395. The summed E-state index contributed by atoms with van der Waals surface area (Å²) in [6.07, 6.45) is 3.22. The number of ether oxygens (including phenoxy) is 2. The molecular weight excluding hydrogens is 342 g/mol. The summed E-state index contributed by atoms with van der Waals surface area (Å²) in [4.78, 5) is 20.7. The van der Waals surface area contributed by atoms with Crippen molar-refractivity contribution >= 4 is 10.9 Å². The predicted molar refractivity (Wildman–Crippen MR) is 102 cm³/mol. The topological polar surface area (TPSA) is 66.2 Å². The first-order chi connectivity index (χ1) is 13.2. The molecule has 2 aromatic carbocycles.